The van der Waals surface area contributed by atoms with Gasteiger partial charge < -0.3 is 14.8 Å². The SMILES string of the molecule is Cc1ccn(CC(=O)Nc2cccc(C(=O)N(C)C)c2)c(=O)c1. The molecule has 0 saturated heterocycles. The van der Waals surface area contributed by atoms with E-state index in [2.05, 4.69) is 5.32 Å². The topological polar surface area (TPSA) is 71.4 Å². The van der Waals surface area contributed by atoms with Gasteiger partial charge in [-0.3, -0.25) is 14.4 Å². The van der Waals surface area contributed by atoms with Gasteiger partial charge in [0.25, 0.3) is 11.5 Å². The van der Waals surface area contributed by atoms with E-state index in [0.29, 0.717) is 11.3 Å². The molecule has 23 heavy (non-hydrogen) atoms. The fourth-order valence-electron chi connectivity index (χ4n) is 2.08. The summed E-state index contributed by atoms with van der Waals surface area (Å²) in [5, 5.41) is 2.70. The number of nitrogens with one attached hydrogen (secondary N) is 1. The van der Waals surface area contributed by atoms with Gasteiger partial charge in [-0.05, 0) is 36.8 Å². The summed E-state index contributed by atoms with van der Waals surface area (Å²) >= 11 is 0. The summed E-state index contributed by atoms with van der Waals surface area (Å²) in [6, 6.07) is 9.93. The van der Waals surface area contributed by atoms with E-state index in [0.717, 1.165) is 5.56 Å². The van der Waals surface area contributed by atoms with Crippen LogP contribution in [0, 0.1) is 6.92 Å². The first-order valence-corrected chi connectivity index (χ1v) is 7.15. The molecular weight excluding hydrogens is 294 g/mol. The summed E-state index contributed by atoms with van der Waals surface area (Å²) in [4.78, 5) is 37.2. The largest absolute Gasteiger partial charge is 0.345 e. The third-order valence-electron chi connectivity index (χ3n) is 3.27. The van der Waals surface area contributed by atoms with E-state index in [1.165, 1.54) is 15.5 Å². The Morgan fingerprint density at radius 3 is 2.57 bits per heavy atom. The Balaban J connectivity index is 2.10. The molecule has 6 heteroatoms. The van der Waals surface area contributed by atoms with Gasteiger partial charge in [-0.2, -0.15) is 0 Å². The maximum atomic E-state index is 12.1. The Bertz CT molecular complexity index is 794. The van der Waals surface area contributed by atoms with Gasteiger partial charge in [0, 0.05) is 37.6 Å². The van der Waals surface area contributed by atoms with Crippen LogP contribution in [-0.4, -0.2) is 35.4 Å². The van der Waals surface area contributed by atoms with Crippen LogP contribution in [0.4, 0.5) is 5.69 Å². The number of nitrogens with zero attached hydrogens (tertiary/aromatic N) is 2. The third kappa shape index (κ3) is 4.29. The van der Waals surface area contributed by atoms with Crippen molar-refractivity contribution in [2.24, 2.45) is 0 Å². The van der Waals surface area contributed by atoms with Gasteiger partial charge in [0.2, 0.25) is 5.91 Å². The second kappa shape index (κ2) is 6.91. The average molecular weight is 313 g/mol. The lowest BCUT2D eigenvalue weighted by atomic mass is 10.2. The van der Waals surface area contributed by atoms with E-state index in [1.807, 2.05) is 6.92 Å². The predicted molar refractivity (Wildman–Crippen MR) is 88.5 cm³/mol. The first kappa shape index (κ1) is 16.5. The van der Waals surface area contributed by atoms with E-state index in [1.54, 1.807) is 50.6 Å². The van der Waals surface area contributed by atoms with Gasteiger partial charge in [-0.25, -0.2) is 0 Å². The zero-order valence-electron chi connectivity index (χ0n) is 13.4. The summed E-state index contributed by atoms with van der Waals surface area (Å²) in [6.45, 7) is 1.74. The number of rotatable bonds is 4. The van der Waals surface area contributed by atoms with Crippen LogP contribution in [-0.2, 0) is 11.3 Å². The lowest BCUT2D eigenvalue weighted by molar-refractivity contribution is -0.116. The van der Waals surface area contributed by atoms with Crippen molar-refractivity contribution in [3.8, 4) is 0 Å². The molecule has 1 aromatic carbocycles. The monoisotopic (exact) mass is 313 g/mol. The number of benzene rings is 1. The van der Waals surface area contributed by atoms with Gasteiger partial charge in [0.1, 0.15) is 6.54 Å². The summed E-state index contributed by atoms with van der Waals surface area (Å²) < 4.78 is 1.33. The Morgan fingerprint density at radius 2 is 1.91 bits per heavy atom. The lowest BCUT2D eigenvalue weighted by Gasteiger charge is -2.12. The minimum absolute atomic E-state index is 0.0784. The highest BCUT2D eigenvalue weighted by Crippen LogP contribution is 2.12. The van der Waals surface area contributed by atoms with Crippen LogP contribution in [0.5, 0.6) is 0 Å². The van der Waals surface area contributed by atoms with Crippen LogP contribution in [0.3, 0.4) is 0 Å². The average Bonchev–Trinajstić information content (AvgIpc) is 2.49. The maximum Gasteiger partial charge on any atom is 0.253 e. The number of aromatic nitrogens is 1. The van der Waals surface area contributed by atoms with Crippen LogP contribution in [0.15, 0.2) is 47.4 Å². The molecule has 2 aromatic rings. The Morgan fingerprint density at radius 1 is 1.17 bits per heavy atom. The molecule has 0 aliphatic heterocycles. The summed E-state index contributed by atoms with van der Waals surface area (Å²) in [6.07, 6.45) is 1.59. The number of anilines is 1. The quantitative estimate of drug-likeness (QED) is 0.930. The number of hydrogen-bond donors (Lipinski definition) is 1. The molecule has 0 atom stereocenters. The summed E-state index contributed by atoms with van der Waals surface area (Å²) in [5.41, 5.74) is 1.63. The van der Waals surface area contributed by atoms with Crippen molar-refractivity contribution < 1.29 is 9.59 Å². The number of carbonyl (C=O) groups excluding carboxylic acids is 2. The number of aryl methyl sites for hydroxylation is 1. The van der Waals surface area contributed by atoms with E-state index < -0.39 is 0 Å². The van der Waals surface area contributed by atoms with E-state index in [9.17, 15) is 14.4 Å². The highest BCUT2D eigenvalue weighted by atomic mass is 16.2. The number of amides is 2. The van der Waals surface area contributed by atoms with Crippen LogP contribution in [0.1, 0.15) is 15.9 Å². The lowest BCUT2D eigenvalue weighted by Crippen LogP contribution is -2.27. The van der Waals surface area contributed by atoms with Crippen molar-refractivity contribution in [3.05, 3.63) is 64.1 Å². The van der Waals surface area contributed by atoms with Crippen LogP contribution >= 0.6 is 0 Å². The van der Waals surface area contributed by atoms with Gasteiger partial charge in [0.05, 0.1) is 0 Å². The van der Waals surface area contributed by atoms with Crippen molar-refractivity contribution >= 4 is 17.5 Å². The normalized spacial score (nSPS) is 10.2. The minimum atomic E-state index is -0.328. The molecule has 0 aliphatic rings. The smallest absolute Gasteiger partial charge is 0.253 e. The fraction of sp³-hybridized carbons (Fsp3) is 0.235. The van der Waals surface area contributed by atoms with Crippen molar-refractivity contribution in [1.82, 2.24) is 9.47 Å². The molecule has 0 aliphatic carbocycles. The van der Waals surface area contributed by atoms with Crippen molar-refractivity contribution in [2.75, 3.05) is 19.4 Å². The predicted octanol–water partition coefficient (Wildman–Crippen LogP) is 1.50. The second-order valence-electron chi connectivity index (χ2n) is 5.50. The standard InChI is InChI=1S/C17H19N3O3/c1-12-7-8-20(16(22)9-12)11-15(21)18-14-6-4-5-13(10-14)17(23)19(2)3/h4-10H,11H2,1-3H3,(H,18,21). The Labute approximate surface area is 134 Å². The van der Waals surface area contributed by atoms with Crippen LogP contribution in [0.2, 0.25) is 0 Å². The highest BCUT2D eigenvalue weighted by molar-refractivity contribution is 5.96. The van der Waals surface area contributed by atoms with E-state index >= 15 is 0 Å². The van der Waals surface area contributed by atoms with Crippen molar-refractivity contribution in [3.63, 3.8) is 0 Å². The molecule has 1 aromatic heterocycles. The molecular formula is C17H19N3O3. The molecule has 0 saturated carbocycles. The van der Waals surface area contributed by atoms with Crippen LogP contribution < -0.4 is 10.9 Å². The first-order valence-electron chi connectivity index (χ1n) is 7.15. The summed E-state index contributed by atoms with van der Waals surface area (Å²) in [5.74, 6) is -0.471. The molecule has 0 radical (unpaired) electrons. The minimum Gasteiger partial charge on any atom is -0.345 e. The molecule has 0 bridgehead atoms. The molecule has 0 spiro atoms. The number of carbonyl (C=O) groups is 2. The van der Waals surface area contributed by atoms with Crippen molar-refractivity contribution in [2.45, 2.75) is 13.5 Å². The van der Waals surface area contributed by atoms with E-state index in [-0.39, 0.29) is 23.9 Å². The zero-order valence-corrected chi connectivity index (χ0v) is 13.4. The fourth-order valence-corrected chi connectivity index (χ4v) is 2.08. The van der Waals surface area contributed by atoms with Gasteiger partial charge >= 0.3 is 0 Å². The summed E-state index contributed by atoms with van der Waals surface area (Å²) in [7, 11) is 3.33. The van der Waals surface area contributed by atoms with E-state index in [4.69, 9.17) is 0 Å². The van der Waals surface area contributed by atoms with Gasteiger partial charge in [0.15, 0.2) is 0 Å². The maximum absolute atomic E-state index is 12.1. The zero-order chi connectivity index (χ0) is 17.0. The molecule has 2 amide bonds. The molecule has 0 unspecified atom stereocenters. The molecule has 0 fully saturated rings. The third-order valence-corrected chi connectivity index (χ3v) is 3.27. The Hall–Kier alpha value is -2.89. The highest BCUT2D eigenvalue weighted by Gasteiger charge is 2.10. The van der Waals surface area contributed by atoms with Gasteiger partial charge in [-0.15, -0.1) is 0 Å². The molecule has 120 valence electrons. The van der Waals surface area contributed by atoms with Crippen LogP contribution in [0.25, 0.3) is 0 Å². The molecule has 1 heterocycles. The number of hydrogen-bond acceptors (Lipinski definition) is 3. The van der Waals surface area contributed by atoms with Crippen molar-refractivity contribution in [1.29, 1.82) is 0 Å². The molecule has 2 rings (SSSR count). The molecule has 1 N–H and O–H groups in total. The second-order valence-corrected chi connectivity index (χ2v) is 5.50. The molecule has 6 nitrogen and oxygen atoms in total. The number of pyridine rings is 1. The van der Waals surface area contributed by atoms with Gasteiger partial charge in [-0.1, -0.05) is 6.07 Å². The Kier molecular flexibility index (Phi) is 4.95. The first-order chi connectivity index (χ1) is 10.9.